The number of para-hydroxylation sites is 1. The van der Waals surface area contributed by atoms with Crippen LogP contribution >= 0.6 is 0 Å². The van der Waals surface area contributed by atoms with Crippen molar-refractivity contribution >= 4 is 35.0 Å². The van der Waals surface area contributed by atoms with Gasteiger partial charge >= 0.3 is 0 Å². The molecule has 0 aliphatic heterocycles. The quantitative estimate of drug-likeness (QED) is 0.102. The van der Waals surface area contributed by atoms with Gasteiger partial charge in [0.1, 0.15) is 5.84 Å². The Morgan fingerprint density at radius 3 is 2.20 bits per heavy atom. The number of hydrogen-bond donors (Lipinski definition) is 2. The number of carbonyl (C=O) groups excluding carboxylic acids is 1. The van der Waals surface area contributed by atoms with Gasteiger partial charge in [-0.05, 0) is 60.4 Å². The summed E-state index contributed by atoms with van der Waals surface area (Å²) in [5.74, 6) is 0.631. The third kappa shape index (κ3) is 6.77. The van der Waals surface area contributed by atoms with E-state index in [1.165, 1.54) is 0 Å². The average molecular weight is 525 g/mol. The second kappa shape index (κ2) is 13.5. The maximum atomic E-state index is 11.2. The first kappa shape index (κ1) is 27.7. The largest absolute Gasteiger partial charge is 0.383 e. The fourth-order valence-electron chi connectivity index (χ4n) is 4.30. The predicted octanol–water partition coefficient (Wildman–Crippen LogP) is 7.72. The van der Waals surface area contributed by atoms with E-state index in [1.54, 1.807) is 12.1 Å². The number of carbonyl (C=O) groups is 1. The molecule has 1 amide bonds. The van der Waals surface area contributed by atoms with Crippen molar-refractivity contribution in [1.82, 2.24) is 0 Å². The molecule has 40 heavy (non-hydrogen) atoms. The predicted molar refractivity (Wildman–Crippen MR) is 169 cm³/mol. The number of nitrogens with two attached hydrogens (primary N) is 1. The lowest BCUT2D eigenvalue weighted by molar-refractivity contribution is -0.105. The number of allylic oxidation sites excluding steroid dienone is 4. The Hall–Kier alpha value is -5.29. The van der Waals surface area contributed by atoms with Gasteiger partial charge in [-0.1, -0.05) is 104 Å². The van der Waals surface area contributed by atoms with E-state index in [4.69, 9.17) is 15.7 Å². The van der Waals surface area contributed by atoms with Crippen molar-refractivity contribution in [2.24, 2.45) is 15.7 Å². The molecule has 0 aromatic heterocycles. The van der Waals surface area contributed by atoms with Crippen molar-refractivity contribution in [3.63, 3.8) is 0 Å². The summed E-state index contributed by atoms with van der Waals surface area (Å²) in [5, 5.41) is 2.69. The van der Waals surface area contributed by atoms with E-state index >= 15 is 0 Å². The van der Waals surface area contributed by atoms with E-state index in [1.807, 2.05) is 86.7 Å². The molecule has 0 radical (unpaired) electrons. The van der Waals surface area contributed by atoms with Gasteiger partial charge in [-0.3, -0.25) is 4.79 Å². The van der Waals surface area contributed by atoms with Gasteiger partial charge in [0, 0.05) is 16.7 Å². The molecule has 0 fully saturated rings. The summed E-state index contributed by atoms with van der Waals surface area (Å²) >= 11 is 0. The van der Waals surface area contributed by atoms with Crippen LogP contribution in [0.3, 0.4) is 0 Å². The second-order valence-corrected chi connectivity index (χ2v) is 8.96. The van der Waals surface area contributed by atoms with Crippen molar-refractivity contribution in [3.8, 4) is 11.1 Å². The number of amidine groups is 2. The highest BCUT2D eigenvalue weighted by molar-refractivity contribution is 6.14. The molecular weight excluding hydrogens is 492 g/mol. The monoisotopic (exact) mass is 524 g/mol. The molecule has 5 heteroatoms. The Kier molecular flexibility index (Phi) is 9.35. The summed E-state index contributed by atoms with van der Waals surface area (Å²) in [6, 6.07) is 33.5. The molecule has 5 nitrogen and oxygen atoms in total. The first-order valence-corrected chi connectivity index (χ1v) is 13.0. The maximum Gasteiger partial charge on any atom is 0.211 e. The zero-order valence-electron chi connectivity index (χ0n) is 22.7. The van der Waals surface area contributed by atoms with Crippen LogP contribution in [-0.4, -0.2) is 18.1 Å². The van der Waals surface area contributed by atoms with Crippen LogP contribution in [0.2, 0.25) is 0 Å². The summed E-state index contributed by atoms with van der Waals surface area (Å²) in [6.07, 6.45) is 6.74. The number of benzene rings is 4. The van der Waals surface area contributed by atoms with Gasteiger partial charge in [0.05, 0.1) is 11.4 Å². The van der Waals surface area contributed by atoms with E-state index in [2.05, 4.69) is 48.3 Å². The minimum absolute atomic E-state index is 0.222. The van der Waals surface area contributed by atoms with Crippen LogP contribution < -0.4 is 11.1 Å². The zero-order valence-corrected chi connectivity index (χ0v) is 22.7. The van der Waals surface area contributed by atoms with Gasteiger partial charge in [0.25, 0.3) is 0 Å². The standard InChI is InChI=1S/C35H32N4O/c1-4-13-26(5-2)29-17-12-19-31(23-29)35(39-34(36)32-20-9-10-21-33(32)37-24-40)38-25(3)28-16-11-18-30(22-28)27-14-7-6-8-15-27/h4-24H,3H2,1-2H3,(H,37,40)(H2,36,38,39)/b13-4-,26-5+. The first-order valence-electron chi connectivity index (χ1n) is 13.0. The lowest BCUT2D eigenvalue weighted by Gasteiger charge is -2.11. The lowest BCUT2D eigenvalue weighted by atomic mass is 10.0. The first-order chi connectivity index (χ1) is 19.5. The van der Waals surface area contributed by atoms with Crippen molar-refractivity contribution in [1.29, 1.82) is 0 Å². The highest BCUT2D eigenvalue weighted by atomic mass is 16.1. The van der Waals surface area contributed by atoms with Gasteiger partial charge in [0.15, 0.2) is 5.84 Å². The van der Waals surface area contributed by atoms with Crippen molar-refractivity contribution < 1.29 is 4.79 Å². The van der Waals surface area contributed by atoms with Crippen LogP contribution in [0.4, 0.5) is 5.69 Å². The highest BCUT2D eigenvalue weighted by Crippen LogP contribution is 2.25. The molecule has 0 bridgehead atoms. The van der Waals surface area contributed by atoms with Crippen LogP contribution in [0.25, 0.3) is 22.4 Å². The number of amides is 1. The molecule has 0 saturated carbocycles. The molecule has 0 saturated heterocycles. The summed E-state index contributed by atoms with van der Waals surface area (Å²) in [4.78, 5) is 20.8. The van der Waals surface area contributed by atoms with Gasteiger partial charge in [0.2, 0.25) is 6.41 Å². The van der Waals surface area contributed by atoms with Crippen molar-refractivity contribution in [3.05, 3.63) is 150 Å². The molecule has 4 aromatic carbocycles. The van der Waals surface area contributed by atoms with E-state index in [0.717, 1.165) is 33.4 Å². The van der Waals surface area contributed by atoms with Crippen molar-refractivity contribution in [2.45, 2.75) is 13.8 Å². The Labute approximate surface area is 235 Å². The number of hydrogen-bond acceptors (Lipinski definition) is 2. The van der Waals surface area contributed by atoms with E-state index in [9.17, 15) is 4.79 Å². The van der Waals surface area contributed by atoms with Crippen molar-refractivity contribution in [2.75, 3.05) is 5.32 Å². The molecule has 0 atom stereocenters. The van der Waals surface area contributed by atoms with Crippen LogP contribution in [0.15, 0.2) is 138 Å². The van der Waals surface area contributed by atoms with Gasteiger partial charge in [-0.15, -0.1) is 0 Å². The Bertz CT molecular complexity index is 1630. The fraction of sp³-hybridized carbons (Fsp3) is 0.0571. The molecular formula is C35H32N4O. The van der Waals surface area contributed by atoms with Gasteiger partial charge < -0.3 is 11.1 Å². The number of anilines is 1. The Morgan fingerprint density at radius 1 is 0.775 bits per heavy atom. The molecule has 0 spiro atoms. The molecule has 4 aromatic rings. The third-order valence-corrected chi connectivity index (χ3v) is 6.30. The van der Waals surface area contributed by atoms with Gasteiger partial charge in [-0.2, -0.15) is 0 Å². The number of nitrogens with one attached hydrogen (secondary N) is 1. The number of nitrogens with zero attached hydrogens (tertiary/aromatic N) is 2. The molecule has 0 aliphatic rings. The van der Waals surface area contributed by atoms with E-state index in [-0.39, 0.29) is 5.84 Å². The van der Waals surface area contributed by atoms with E-state index < -0.39 is 0 Å². The summed E-state index contributed by atoms with van der Waals surface area (Å²) < 4.78 is 0. The van der Waals surface area contributed by atoms with Crippen LogP contribution in [0, 0.1) is 0 Å². The number of rotatable bonds is 9. The molecule has 3 N–H and O–H groups in total. The minimum atomic E-state index is 0.222. The Balaban J connectivity index is 1.83. The Morgan fingerprint density at radius 2 is 1.45 bits per heavy atom. The SMILES string of the molecule is C=C(N=C(N=C(N)c1ccccc1NC=O)c1cccc(C(/C=C\C)=C/C)c1)c1cccc(-c2ccccc2)c1. The maximum absolute atomic E-state index is 11.2. The minimum Gasteiger partial charge on any atom is -0.383 e. The normalized spacial score (nSPS) is 12.4. The summed E-state index contributed by atoms with van der Waals surface area (Å²) in [6.45, 7) is 8.27. The molecule has 0 aliphatic carbocycles. The fourth-order valence-corrected chi connectivity index (χ4v) is 4.30. The van der Waals surface area contributed by atoms with Crippen LogP contribution in [0.5, 0.6) is 0 Å². The molecule has 4 rings (SSSR count). The third-order valence-electron chi connectivity index (χ3n) is 6.30. The molecule has 0 heterocycles. The molecule has 198 valence electrons. The smallest absolute Gasteiger partial charge is 0.211 e. The lowest BCUT2D eigenvalue weighted by Crippen LogP contribution is -2.18. The average Bonchev–Trinajstić information content (AvgIpc) is 3.00. The second-order valence-electron chi connectivity index (χ2n) is 8.96. The summed E-state index contributed by atoms with van der Waals surface area (Å²) in [5.41, 5.74) is 14.2. The highest BCUT2D eigenvalue weighted by Gasteiger charge is 2.12. The van der Waals surface area contributed by atoms with Gasteiger partial charge in [-0.25, -0.2) is 9.98 Å². The van der Waals surface area contributed by atoms with E-state index in [0.29, 0.717) is 29.2 Å². The summed E-state index contributed by atoms with van der Waals surface area (Å²) in [7, 11) is 0. The molecule has 0 unspecified atom stereocenters. The topological polar surface area (TPSA) is 79.8 Å². The van der Waals surface area contributed by atoms with Crippen LogP contribution in [-0.2, 0) is 4.79 Å². The van der Waals surface area contributed by atoms with Crippen LogP contribution in [0.1, 0.15) is 36.1 Å². The zero-order chi connectivity index (χ0) is 28.3. The number of aliphatic imine (C=N–C) groups is 2.